The first kappa shape index (κ1) is 28.3. The summed E-state index contributed by atoms with van der Waals surface area (Å²) < 4.78 is 29.3. The molecule has 0 rings (SSSR count). The molecule has 0 spiro atoms. The van der Waals surface area contributed by atoms with Crippen LogP contribution in [0.1, 0.15) is 41.5 Å². The Bertz CT molecular complexity index is 228. The smallest absolute Gasteiger partial charge is 0.801 e. The molecule has 0 aromatic heterocycles. The zero-order chi connectivity index (χ0) is 15.5. The van der Waals surface area contributed by atoms with Gasteiger partial charge in [-0.15, -0.1) is 0 Å². The van der Waals surface area contributed by atoms with E-state index in [2.05, 4.69) is 0 Å². The molecule has 0 radical (unpaired) electrons. The fourth-order valence-corrected chi connectivity index (χ4v) is 0. The van der Waals surface area contributed by atoms with Gasteiger partial charge in [0.1, 0.15) is 0 Å². The summed E-state index contributed by atoms with van der Waals surface area (Å²) in [5.74, 6) is 0. The maximum absolute atomic E-state index is 9.77. The van der Waals surface area contributed by atoms with Crippen LogP contribution in [0.15, 0.2) is 0 Å². The summed E-state index contributed by atoms with van der Waals surface area (Å²) >= 11 is 0. The van der Waals surface area contributed by atoms with Crippen LogP contribution < -0.4 is 14.7 Å². The molecular weight excluding hydrogens is 324 g/mol. The Balaban J connectivity index is -0.0000000865. The fraction of sp³-hybridized carbons (Fsp3) is 1.00. The summed E-state index contributed by atoms with van der Waals surface area (Å²) in [6.45, 7) is 9.97. The van der Waals surface area contributed by atoms with E-state index >= 15 is 0 Å². The quantitative estimate of drug-likeness (QED) is 0.535. The Labute approximate surface area is 128 Å². The first-order valence-corrected chi connectivity index (χ1v) is 9.74. The van der Waals surface area contributed by atoms with Crippen molar-refractivity contribution in [3.05, 3.63) is 0 Å². The van der Waals surface area contributed by atoms with Crippen molar-refractivity contribution in [3.8, 4) is 0 Å². The minimum absolute atomic E-state index is 0. The number of hydrogen-bond donors (Lipinski definition) is 0. The van der Waals surface area contributed by atoms with Gasteiger partial charge in [-0.3, -0.25) is 0 Å². The molecule has 6 nitrogen and oxygen atoms in total. The normalized spacial score (nSPS) is 14.5. The van der Waals surface area contributed by atoms with Crippen LogP contribution in [0, 0.1) is 0 Å². The molecule has 10 heteroatoms. The zero-order valence-electron chi connectivity index (χ0n) is 12.3. The van der Waals surface area contributed by atoms with Crippen LogP contribution in [0.3, 0.4) is 0 Å². The van der Waals surface area contributed by atoms with Gasteiger partial charge in [-0.1, -0.05) is 41.5 Å². The van der Waals surface area contributed by atoms with Gasteiger partial charge in [0, 0.05) is 24.1 Å². The van der Waals surface area contributed by atoms with E-state index in [1.165, 1.54) is 0 Å². The van der Waals surface area contributed by atoms with Crippen LogP contribution in [0.2, 0.25) is 0 Å². The van der Waals surface area contributed by atoms with Crippen LogP contribution in [0.4, 0.5) is 0 Å². The van der Waals surface area contributed by atoms with Crippen LogP contribution in [0.5, 0.6) is 0 Å². The second-order valence-electron chi connectivity index (χ2n) is 4.42. The van der Waals surface area contributed by atoms with Crippen LogP contribution >= 0.6 is 24.1 Å². The molecule has 0 heterocycles. The number of rotatable bonds is 3. The molecular formula is C9H24AlO6P3. The van der Waals surface area contributed by atoms with Gasteiger partial charge in [0.25, 0.3) is 0 Å². The zero-order valence-corrected chi connectivity index (χ0v) is 16.4. The Morgan fingerprint density at radius 2 is 0.632 bits per heavy atom. The molecule has 0 aliphatic rings. The van der Waals surface area contributed by atoms with E-state index in [9.17, 15) is 28.4 Å². The van der Waals surface area contributed by atoms with E-state index in [4.69, 9.17) is 0 Å². The van der Waals surface area contributed by atoms with Crippen molar-refractivity contribution < 1.29 is 28.4 Å². The van der Waals surface area contributed by atoms with Gasteiger partial charge in [-0.05, 0) is 17.0 Å². The molecule has 0 N–H and O–H groups in total. The molecule has 114 valence electrons. The summed E-state index contributed by atoms with van der Waals surface area (Å²) in [6, 6.07) is 0. The third-order valence-corrected chi connectivity index (χ3v) is 4.24. The summed E-state index contributed by atoms with van der Waals surface area (Å²) in [6.07, 6.45) is 0. The van der Waals surface area contributed by atoms with Gasteiger partial charge in [0.05, 0.1) is 0 Å². The van der Waals surface area contributed by atoms with Crippen molar-refractivity contribution in [1.82, 2.24) is 0 Å². The molecule has 3 unspecified atom stereocenters. The molecule has 0 saturated heterocycles. The van der Waals surface area contributed by atoms with Gasteiger partial charge in [-0.25, -0.2) is 0 Å². The molecule has 0 bridgehead atoms. The van der Waals surface area contributed by atoms with Gasteiger partial charge in [0.2, 0.25) is 0 Å². The topological polar surface area (TPSA) is 120 Å². The van der Waals surface area contributed by atoms with Crippen molar-refractivity contribution in [2.45, 2.75) is 58.5 Å². The van der Waals surface area contributed by atoms with E-state index in [0.717, 1.165) is 0 Å². The third kappa shape index (κ3) is 32.5. The van der Waals surface area contributed by atoms with Gasteiger partial charge in [0.15, 0.2) is 0 Å². The van der Waals surface area contributed by atoms with Gasteiger partial charge in [-0.2, -0.15) is 0 Å². The van der Waals surface area contributed by atoms with E-state index in [1.54, 1.807) is 41.5 Å². The van der Waals surface area contributed by atoms with Crippen molar-refractivity contribution in [2.24, 2.45) is 0 Å². The second kappa shape index (κ2) is 17.2. The van der Waals surface area contributed by atoms with Gasteiger partial charge < -0.3 is 28.4 Å². The van der Waals surface area contributed by atoms with Crippen LogP contribution in [0.25, 0.3) is 0 Å². The Morgan fingerprint density at radius 3 is 0.632 bits per heavy atom. The molecule has 3 atom stereocenters. The van der Waals surface area contributed by atoms with Crippen molar-refractivity contribution >= 4 is 41.4 Å². The molecule has 0 aliphatic carbocycles. The average Bonchev–Trinajstić information content (AvgIpc) is 2.18. The monoisotopic (exact) mass is 348 g/mol. The van der Waals surface area contributed by atoms with E-state index in [-0.39, 0.29) is 34.3 Å². The first-order chi connectivity index (χ1) is 7.93. The summed E-state index contributed by atoms with van der Waals surface area (Å²) in [7, 11) is -7.35. The predicted molar refractivity (Wildman–Crippen MR) is 78.2 cm³/mol. The summed E-state index contributed by atoms with van der Waals surface area (Å²) in [5, 5.41) is 0. The minimum Gasteiger partial charge on any atom is -0.801 e. The fourth-order valence-electron chi connectivity index (χ4n) is 0. The first-order valence-electron chi connectivity index (χ1n) is 5.55. The van der Waals surface area contributed by atoms with Gasteiger partial charge >= 0.3 is 17.4 Å². The SMILES string of the molecule is CC(C)[PH](=O)[O-].CC(C)[PH](=O)[O-].CC(C)[PH](=O)[O-].[Al+3]. The summed E-state index contributed by atoms with van der Waals surface area (Å²) in [4.78, 5) is 29.3. The summed E-state index contributed by atoms with van der Waals surface area (Å²) in [5.41, 5.74) is -0.472. The van der Waals surface area contributed by atoms with Crippen LogP contribution in [-0.4, -0.2) is 34.3 Å². The molecule has 0 aromatic rings. The molecule has 0 fully saturated rings. The third-order valence-electron chi connectivity index (χ3n) is 1.41. The van der Waals surface area contributed by atoms with E-state index in [0.29, 0.717) is 0 Å². The minimum atomic E-state index is -2.45. The second-order valence-corrected chi connectivity index (χ2v) is 9.80. The predicted octanol–water partition coefficient (Wildman–Crippen LogP) is 0.309. The van der Waals surface area contributed by atoms with Crippen molar-refractivity contribution in [1.29, 1.82) is 0 Å². The van der Waals surface area contributed by atoms with E-state index in [1.807, 2.05) is 0 Å². The molecule has 19 heavy (non-hydrogen) atoms. The molecule has 0 aromatic carbocycles. The Morgan fingerprint density at radius 1 is 0.579 bits per heavy atom. The Kier molecular flexibility index (Phi) is 25.5. The number of hydrogen-bond acceptors (Lipinski definition) is 6. The maximum atomic E-state index is 9.77. The molecule has 0 saturated carbocycles. The standard InChI is InChI=1S/3C3H9O2P.Al/c3*1-3(2)6(4)5;/h3*3,6H,1-2H3,(H,4,5);/q;;;+3/p-3. The average molecular weight is 348 g/mol. The van der Waals surface area contributed by atoms with E-state index < -0.39 is 24.1 Å². The molecule has 0 aliphatic heterocycles. The largest absolute Gasteiger partial charge is 3.00 e. The Hall–Kier alpha value is 1.10. The molecule has 0 amide bonds. The van der Waals surface area contributed by atoms with Crippen LogP contribution in [-0.2, 0) is 13.7 Å². The van der Waals surface area contributed by atoms with Crippen molar-refractivity contribution in [3.63, 3.8) is 0 Å². The van der Waals surface area contributed by atoms with Crippen molar-refractivity contribution in [2.75, 3.05) is 0 Å². The maximum Gasteiger partial charge on any atom is 3.00 e.